The van der Waals surface area contributed by atoms with Crippen LogP contribution in [0, 0.1) is 6.92 Å². The van der Waals surface area contributed by atoms with E-state index >= 15 is 0 Å². The van der Waals surface area contributed by atoms with Gasteiger partial charge in [-0.25, -0.2) is 4.98 Å². The number of fused-ring (bicyclic) bond motifs is 2. The summed E-state index contributed by atoms with van der Waals surface area (Å²) in [5.74, 6) is 0.415. The van der Waals surface area contributed by atoms with E-state index in [0.29, 0.717) is 30.5 Å². The highest BCUT2D eigenvalue weighted by molar-refractivity contribution is 7.19. The second-order valence-electron chi connectivity index (χ2n) is 7.82. The second kappa shape index (κ2) is 8.78. The summed E-state index contributed by atoms with van der Waals surface area (Å²) in [5.41, 5.74) is 2.90. The van der Waals surface area contributed by atoms with Gasteiger partial charge in [0.2, 0.25) is 11.8 Å². The highest BCUT2D eigenvalue weighted by atomic mass is 35.5. The van der Waals surface area contributed by atoms with E-state index in [1.54, 1.807) is 41.6 Å². The zero-order valence-electron chi connectivity index (χ0n) is 17.6. The zero-order valence-corrected chi connectivity index (χ0v) is 19.2. The summed E-state index contributed by atoms with van der Waals surface area (Å²) in [4.78, 5) is 33.6. The van der Waals surface area contributed by atoms with Crippen molar-refractivity contribution in [1.29, 1.82) is 0 Å². The lowest BCUT2D eigenvalue weighted by atomic mass is 10.1. The molecule has 8 heteroatoms. The van der Waals surface area contributed by atoms with E-state index in [2.05, 4.69) is 17.2 Å². The molecule has 0 atom stereocenters. The van der Waals surface area contributed by atoms with Crippen molar-refractivity contribution in [3.63, 3.8) is 0 Å². The van der Waals surface area contributed by atoms with Crippen LogP contribution in [0.5, 0.6) is 0 Å². The van der Waals surface area contributed by atoms with Gasteiger partial charge in [0.25, 0.3) is 0 Å². The predicted octanol–water partition coefficient (Wildman–Crippen LogP) is 4.31. The molecule has 31 heavy (non-hydrogen) atoms. The standard InChI is InChI=1S/C23H23ClN4O2S/c1-14-18-9-17(24)5-6-19(18)31-20(14)12-28(3)22(30)7-4-15-8-16-11-27(2)13-21(29)26-23(16)25-10-15/h4-10H,11-13H2,1-3H3,(H,25,26,29). The highest BCUT2D eigenvalue weighted by Crippen LogP contribution is 2.33. The van der Waals surface area contributed by atoms with E-state index in [-0.39, 0.29) is 11.8 Å². The summed E-state index contributed by atoms with van der Waals surface area (Å²) < 4.78 is 1.17. The van der Waals surface area contributed by atoms with E-state index in [1.165, 1.54) is 4.70 Å². The van der Waals surface area contributed by atoms with Crippen LogP contribution in [0.2, 0.25) is 5.02 Å². The number of anilines is 1. The van der Waals surface area contributed by atoms with Gasteiger partial charge < -0.3 is 10.2 Å². The largest absolute Gasteiger partial charge is 0.337 e. The Morgan fingerprint density at radius 3 is 2.97 bits per heavy atom. The van der Waals surface area contributed by atoms with Crippen molar-refractivity contribution in [2.24, 2.45) is 0 Å². The molecule has 4 rings (SSSR count). The summed E-state index contributed by atoms with van der Waals surface area (Å²) in [5, 5.41) is 4.66. The number of rotatable bonds is 4. The molecule has 1 aliphatic rings. The molecule has 0 unspecified atom stereocenters. The van der Waals surface area contributed by atoms with Crippen molar-refractivity contribution in [2.45, 2.75) is 20.0 Å². The van der Waals surface area contributed by atoms with E-state index in [1.807, 2.05) is 36.2 Å². The van der Waals surface area contributed by atoms with Gasteiger partial charge in [-0.05, 0) is 60.8 Å². The molecule has 1 N–H and O–H groups in total. The maximum atomic E-state index is 12.7. The molecule has 0 spiro atoms. The van der Waals surface area contributed by atoms with Gasteiger partial charge in [0.15, 0.2) is 0 Å². The Balaban J connectivity index is 1.47. The molecule has 2 aromatic heterocycles. The van der Waals surface area contributed by atoms with Crippen LogP contribution in [0.15, 0.2) is 36.5 Å². The SMILES string of the molecule is Cc1c(CN(C)C(=O)C=Cc2cnc3c(c2)CN(C)CC(=O)N3)sc2ccc(Cl)cc12. The number of amides is 2. The molecule has 0 saturated carbocycles. The fourth-order valence-corrected chi connectivity index (χ4v) is 5.02. The second-order valence-corrected chi connectivity index (χ2v) is 9.39. The first kappa shape index (κ1) is 21.5. The first-order chi connectivity index (χ1) is 14.8. The molecule has 0 bridgehead atoms. The van der Waals surface area contributed by atoms with Crippen molar-refractivity contribution < 1.29 is 9.59 Å². The summed E-state index contributed by atoms with van der Waals surface area (Å²) in [6, 6.07) is 7.83. The number of aromatic nitrogens is 1. The normalized spacial score (nSPS) is 14.5. The van der Waals surface area contributed by atoms with Crippen LogP contribution < -0.4 is 5.32 Å². The molecule has 3 heterocycles. The Bertz CT molecular complexity index is 1200. The van der Waals surface area contributed by atoms with Crippen LogP contribution >= 0.6 is 22.9 Å². The third kappa shape index (κ3) is 4.79. The number of halogens is 1. The van der Waals surface area contributed by atoms with Crippen molar-refractivity contribution in [3.8, 4) is 0 Å². The lowest BCUT2D eigenvalue weighted by molar-refractivity contribution is -0.125. The fourth-order valence-electron chi connectivity index (χ4n) is 3.60. The Labute approximate surface area is 190 Å². The van der Waals surface area contributed by atoms with Gasteiger partial charge in [-0.15, -0.1) is 11.3 Å². The molecule has 1 aromatic carbocycles. The van der Waals surface area contributed by atoms with Crippen LogP contribution in [0.3, 0.4) is 0 Å². The van der Waals surface area contributed by atoms with Gasteiger partial charge in [0.05, 0.1) is 13.1 Å². The Morgan fingerprint density at radius 1 is 1.35 bits per heavy atom. The van der Waals surface area contributed by atoms with Crippen LogP contribution in [0.4, 0.5) is 5.82 Å². The van der Waals surface area contributed by atoms with E-state index in [4.69, 9.17) is 11.6 Å². The predicted molar refractivity (Wildman–Crippen MR) is 126 cm³/mol. The molecule has 1 aliphatic heterocycles. The quantitative estimate of drug-likeness (QED) is 0.596. The number of benzene rings is 1. The van der Waals surface area contributed by atoms with Gasteiger partial charge in [-0.1, -0.05) is 11.6 Å². The van der Waals surface area contributed by atoms with Crippen LogP contribution in [-0.2, 0) is 22.7 Å². The van der Waals surface area contributed by atoms with Crippen molar-refractivity contribution in [1.82, 2.24) is 14.8 Å². The monoisotopic (exact) mass is 454 g/mol. The van der Waals surface area contributed by atoms with Gasteiger partial charge in [-0.2, -0.15) is 0 Å². The van der Waals surface area contributed by atoms with Crippen LogP contribution in [0.1, 0.15) is 21.6 Å². The molecule has 0 fully saturated rings. The third-order valence-corrected chi connectivity index (χ3v) is 6.76. The van der Waals surface area contributed by atoms with Crippen LogP contribution in [0.25, 0.3) is 16.2 Å². The summed E-state index contributed by atoms with van der Waals surface area (Å²) >= 11 is 7.81. The van der Waals surface area contributed by atoms with Crippen molar-refractivity contribution in [3.05, 3.63) is 63.1 Å². The number of carbonyl (C=O) groups is 2. The number of pyridine rings is 1. The van der Waals surface area contributed by atoms with Gasteiger partial charge >= 0.3 is 0 Å². The van der Waals surface area contributed by atoms with E-state index in [9.17, 15) is 9.59 Å². The van der Waals surface area contributed by atoms with E-state index in [0.717, 1.165) is 27.0 Å². The average Bonchev–Trinajstić information content (AvgIpc) is 2.93. The number of aryl methyl sites for hydroxylation is 1. The number of carbonyl (C=O) groups excluding carboxylic acids is 2. The van der Waals surface area contributed by atoms with Gasteiger partial charge in [-0.3, -0.25) is 14.5 Å². The molecule has 3 aromatic rings. The minimum absolute atomic E-state index is 0.0763. The van der Waals surface area contributed by atoms with Crippen LogP contribution in [-0.4, -0.2) is 47.2 Å². The minimum Gasteiger partial charge on any atom is -0.337 e. The smallest absolute Gasteiger partial charge is 0.246 e. The number of thiophene rings is 1. The molecule has 2 amide bonds. The molecule has 0 saturated heterocycles. The Kier molecular flexibility index (Phi) is 6.09. The maximum Gasteiger partial charge on any atom is 0.246 e. The summed E-state index contributed by atoms with van der Waals surface area (Å²) in [6.45, 7) is 3.54. The number of nitrogens with zero attached hydrogens (tertiary/aromatic N) is 3. The summed E-state index contributed by atoms with van der Waals surface area (Å²) in [7, 11) is 3.68. The third-order valence-electron chi connectivity index (χ3n) is 5.27. The van der Waals surface area contributed by atoms with E-state index < -0.39 is 0 Å². The molecule has 6 nitrogen and oxygen atoms in total. The van der Waals surface area contributed by atoms with Crippen molar-refractivity contribution in [2.75, 3.05) is 26.0 Å². The first-order valence-corrected chi connectivity index (χ1v) is 11.1. The molecular weight excluding hydrogens is 432 g/mol. The first-order valence-electron chi connectivity index (χ1n) is 9.88. The number of hydrogen-bond acceptors (Lipinski definition) is 5. The Hall–Kier alpha value is -2.74. The fraction of sp³-hybridized carbons (Fsp3) is 0.261. The van der Waals surface area contributed by atoms with Gasteiger partial charge in [0, 0.05) is 46.0 Å². The Morgan fingerprint density at radius 2 is 2.16 bits per heavy atom. The molecular formula is C23H23ClN4O2S. The minimum atomic E-state index is -0.0877. The highest BCUT2D eigenvalue weighted by Gasteiger charge is 2.18. The van der Waals surface area contributed by atoms with Crippen molar-refractivity contribution >= 4 is 56.7 Å². The van der Waals surface area contributed by atoms with Gasteiger partial charge in [0.1, 0.15) is 5.82 Å². The number of nitrogens with one attached hydrogen (secondary N) is 1. The zero-order chi connectivity index (χ0) is 22.1. The molecule has 0 radical (unpaired) electrons. The maximum absolute atomic E-state index is 12.7. The lowest BCUT2D eigenvalue weighted by Gasteiger charge is -2.14. The molecule has 0 aliphatic carbocycles. The average molecular weight is 455 g/mol. The lowest BCUT2D eigenvalue weighted by Crippen LogP contribution is -2.26. The number of likely N-dealkylation sites (N-methyl/N-ethyl adjacent to an activating group) is 2. The molecule has 160 valence electrons. The number of hydrogen-bond donors (Lipinski definition) is 1. The summed E-state index contributed by atoms with van der Waals surface area (Å²) in [6.07, 6.45) is 4.98. The topological polar surface area (TPSA) is 65.5 Å².